The van der Waals surface area contributed by atoms with E-state index in [-0.39, 0.29) is 11.5 Å². The van der Waals surface area contributed by atoms with Gasteiger partial charge in [-0.3, -0.25) is 0 Å². The van der Waals surface area contributed by atoms with Crippen molar-refractivity contribution in [1.82, 2.24) is 0 Å². The Morgan fingerprint density at radius 1 is 0.765 bits per heavy atom. The van der Waals surface area contributed by atoms with Gasteiger partial charge in [-0.2, -0.15) is 0 Å². The Kier molecular flexibility index (Phi) is 9.62. The summed E-state index contributed by atoms with van der Waals surface area (Å²) in [6, 6.07) is 0. The van der Waals surface area contributed by atoms with E-state index in [0.29, 0.717) is 48.3 Å². The van der Waals surface area contributed by atoms with Crippen LogP contribution in [0.5, 0.6) is 0 Å². The van der Waals surface area contributed by atoms with Gasteiger partial charge in [0, 0.05) is 24.2 Å². The highest BCUT2D eigenvalue weighted by Crippen LogP contribution is 2.71. The fourth-order valence-corrected chi connectivity index (χ4v) is 12.6. The largest absolute Gasteiger partial charge is 0.393 e. The summed E-state index contributed by atoms with van der Waals surface area (Å²) in [7, 11) is 0. The number of aliphatic hydroxyl groups is 6. The number of hydrogen-bond donors (Lipinski definition) is 6. The molecule has 290 valence electrons. The lowest BCUT2D eigenvalue weighted by Gasteiger charge is -2.60. The second-order valence-corrected chi connectivity index (χ2v) is 18.3. The Morgan fingerprint density at radius 3 is 2.18 bits per heavy atom. The van der Waals surface area contributed by atoms with Gasteiger partial charge in [0.05, 0.1) is 37.1 Å². The Morgan fingerprint density at radius 2 is 1.47 bits per heavy atom. The van der Waals surface area contributed by atoms with Crippen molar-refractivity contribution in [2.45, 2.75) is 178 Å². The fourth-order valence-electron chi connectivity index (χ4n) is 12.6. The van der Waals surface area contributed by atoms with Crippen molar-refractivity contribution in [2.24, 2.45) is 46.3 Å². The maximum atomic E-state index is 11.3. The van der Waals surface area contributed by atoms with Crippen molar-refractivity contribution in [3.8, 4) is 0 Å². The Bertz CT molecular complexity index is 1320. The summed E-state index contributed by atoms with van der Waals surface area (Å²) < 4.78 is 38.4. The number of allylic oxidation sites excluding steroid dienone is 1. The van der Waals surface area contributed by atoms with Gasteiger partial charge in [-0.25, -0.2) is 0 Å². The van der Waals surface area contributed by atoms with E-state index in [2.05, 4.69) is 33.8 Å². The highest BCUT2D eigenvalue weighted by atomic mass is 16.8. The van der Waals surface area contributed by atoms with Crippen LogP contribution in [0.3, 0.4) is 0 Å². The third-order valence-corrected chi connectivity index (χ3v) is 15.6. The molecule has 0 aromatic heterocycles. The monoisotopic (exact) mass is 722 g/mol. The Balaban J connectivity index is 1.05. The Hall–Kier alpha value is -0.740. The van der Waals surface area contributed by atoms with Crippen molar-refractivity contribution in [2.75, 3.05) is 6.61 Å². The van der Waals surface area contributed by atoms with Gasteiger partial charge in [0.15, 0.2) is 18.4 Å². The lowest BCUT2D eigenvalue weighted by molar-refractivity contribution is -0.371. The van der Waals surface area contributed by atoms with Crippen LogP contribution in [0.15, 0.2) is 11.6 Å². The molecule has 0 aromatic rings. The van der Waals surface area contributed by atoms with Crippen LogP contribution in [0.25, 0.3) is 0 Å². The summed E-state index contributed by atoms with van der Waals surface area (Å²) in [5, 5.41) is 64.8. The van der Waals surface area contributed by atoms with Gasteiger partial charge in [0.1, 0.15) is 36.6 Å². The van der Waals surface area contributed by atoms with Crippen LogP contribution in [0, 0.1) is 46.3 Å². The molecule has 0 bridgehead atoms. The van der Waals surface area contributed by atoms with E-state index in [1.807, 2.05) is 0 Å². The lowest BCUT2D eigenvalue weighted by Crippen LogP contribution is -2.64. The molecule has 12 heteroatoms. The maximum absolute atomic E-state index is 11.3. The molecule has 22 atom stereocenters. The molecular formula is C39H62O12. The second-order valence-electron chi connectivity index (χ2n) is 18.3. The van der Waals surface area contributed by atoms with Crippen LogP contribution < -0.4 is 0 Å². The van der Waals surface area contributed by atoms with Crippen LogP contribution in [-0.2, 0) is 28.4 Å². The van der Waals surface area contributed by atoms with Crippen LogP contribution >= 0.6 is 0 Å². The van der Waals surface area contributed by atoms with Gasteiger partial charge in [-0.1, -0.05) is 39.3 Å². The van der Waals surface area contributed by atoms with Crippen molar-refractivity contribution in [1.29, 1.82) is 0 Å². The van der Waals surface area contributed by atoms with E-state index >= 15 is 0 Å². The van der Waals surface area contributed by atoms with Crippen molar-refractivity contribution < 1.29 is 59.1 Å². The Labute approximate surface area is 301 Å². The summed E-state index contributed by atoms with van der Waals surface area (Å²) in [5.74, 6) is 2.06. The zero-order chi connectivity index (χ0) is 36.4. The quantitative estimate of drug-likeness (QED) is 0.234. The number of ether oxygens (including phenoxy) is 6. The average Bonchev–Trinajstić information content (AvgIpc) is 3.54. The van der Waals surface area contributed by atoms with E-state index in [1.54, 1.807) is 13.8 Å². The van der Waals surface area contributed by atoms with Gasteiger partial charge < -0.3 is 59.1 Å². The van der Waals surface area contributed by atoms with Gasteiger partial charge in [-0.15, -0.1) is 0 Å². The summed E-state index contributed by atoms with van der Waals surface area (Å²) in [6.45, 7) is 13.4. The maximum Gasteiger partial charge on any atom is 0.187 e. The first-order chi connectivity index (χ1) is 24.1. The van der Waals surface area contributed by atoms with Crippen molar-refractivity contribution >= 4 is 0 Å². The van der Waals surface area contributed by atoms with Crippen molar-refractivity contribution in [3.63, 3.8) is 0 Å². The minimum atomic E-state index is -1.61. The molecule has 51 heavy (non-hydrogen) atoms. The van der Waals surface area contributed by atoms with Crippen LogP contribution in [0.1, 0.15) is 92.9 Å². The molecule has 4 aliphatic carbocycles. The lowest BCUT2D eigenvalue weighted by atomic mass is 9.46. The molecule has 0 amide bonds. The smallest absolute Gasteiger partial charge is 0.187 e. The molecule has 1 unspecified atom stereocenters. The van der Waals surface area contributed by atoms with E-state index < -0.39 is 84.8 Å². The van der Waals surface area contributed by atoms with Gasteiger partial charge in [0.25, 0.3) is 0 Å². The van der Waals surface area contributed by atoms with Gasteiger partial charge in [0.2, 0.25) is 0 Å². The third kappa shape index (κ3) is 5.67. The first kappa shape index (κ1) is 37.2. The molecule has 4 heterocycles. The summed E-state index contributed by atoms with van der Waals surface area (Å²) in [4.78, 5) is 0. The molecule has 12 nitrogen and oxygen atoms in total. The minimum absolute atomic E-state index is 0.130. The zero-order valence-electron chi connectivity index (χ0n) is 31.0. The zero-order valence-corrected chi connectivity index (χ0v) is 31.0. The topological polar surface area (TPSA) is 177 Å². The molecule has 7 fully saturated rings. The molecule has 3 saturated carbocycles. The van der Waals surface area contributed by atoms with Gasteiger partial charge >= 0.3 is 0 Å². The van der Waals surface area contributed by atoms with E-state index in [4.69, 9.17) is 28.4 Å². The van der Waals surface area contributed by atoms with Crippen LogP contribution in [0.2, 0.25) is 0 Å². The number of rotatable bonds is 4. The molecule has 6 N–H and O–H groups in total. The SMILES string of the molecule is C[C@@H]1CC[C@@]2(OC1)O[C@H]1CC3[C@@H]4CC=C5C[C@@H](O)C[C@@H](O[C@@H]6O[C@H](C)[C@@H](O)[C@H](O)[C@H]6O[C@@H]6O[C@@H](C)[C@H](O)[C@@H](O)[C@H]6O)[C@]5(C)[C@H]4CC[C@]3(C)[C@H]1[C@@H]2C. The van der Waals surface area contributed by atoms with E-state index in [1.165, 1.54) is 5.57 Å². The molecule has 4 aliphatic heterocycles. The summed E-state index contributed by atoms with van der Waals surface area (Å²) in [5.41, 5.74) is 0.900. The van der Waals surface area contributed by atoms with Gasteiger partial charge in [-0.05, 0) is 87.4 Å². The standard InChI is InChI=1S/C39H62O12/c1-17-9-12-39(46-16-17)18(2)28-26(51-39)15-25-23-8-7-21-13-22(40)14-27(38(21,6)24(23)10-11-37(25,28)5)49-36-34(32(44)30(42)20(4)48-36)50-35-33(45)31(43)29(41)19(3)47-35/h7,17-20,22-36,40-45H,8-16H2,1-6H3/t17-,18+,19+,20-,22-,23-,24+,25?,26+,27-,28+,29+,30-,31-,32+,33-,34-,35+,36+,37+,38+,39-/m1/s1. The average molecular weight is 723 g/mol. The number of fused-ring (bicyclic) bond motifs is 7. The molecule has 0 radical (unpaired) electrons. The molecule has 8 rings (SSSR count). The van der Waals surface area contributed by atoms with E-state index in [9.17, 15) is 30.6 Å². The van der Waals surface area contributed by atoms with Crippen molar-refractivity contribution in [3.05, 3.63) is 11.6 Å². The van der Waals surface area contributed by atoms with Crippen LogP contribution in [0.4, 0.5) is 0 Å². The fraction of sp³-hybridized carbons (Fsp3) is 0.949. The number of hydrogen-bond acceptors (Lipinski definition) is 12. The van der Waals surface area contributed by atoms with Crippen LogP contribution in [-0.4, -0.2) is 123 Å². The second kappa shape index (κ2) is 13.2. The molecule has 1 spiro atoms. The predicted molar refractivity (Wildman–Crippen MR) is 182 cm³/mol. The molecule has 8 aliphatic rings. The molecule has 4 saturated heterocycles. The first-order valence-electron chi connectivity index (χ1n) is 19.8. The summed E-state index contributed by atoms with van der Waals surface area (Å²) >= 11 is 0. The summed E-state index contributed by atoms with van der Waals surface area (Å²) in [6.07, 6.45) is -4.22. The predicted octanol–water partition coefficient (Wildman–Crippen LogP) is 2.39. The first-order valence-corrected chi connectivity index (χ1v) is 19.8. The normalized spacial score (nSPS) is 59.8. The van der Waals surface area contributed by atoms with E-state index in [0.717, 1.165) is 45.1 Å². The highest BCUT2D eigenvalue weighted by Gasteiger charge is 2.69. The molecular weight excluding hydrogens is 660 g/mol. The highest BCUT2D eigenvalue weighted by molar-refractivity contribution is 5.29. The molecule has 0 aromatic carbocycles. The number of aliphatic hydroxyl groups excluding tert-OH is 6. The third-order valence-electron chi connectivity index (χ3n) is 15.6. The minimum Gasteiger partial charge on any atom is -0.393 e.